The number of likely N-dealkylation sites (tertiary alicyclic amines) is 1. The molecule has 1 aromatic carbocycles. The molecule has 1 aliphatic heterocycles. The Morgan fingerprint density at radius 1 is 1.25 bits per heavy atom. The molecule has 1 aliphatic rings. The second-order valence-electron chi connectivity index (χ2n) is 6.67. The van der Waals surface area contributed by atoms with Gasteiger partial charge in [-0.05, 0) is 18.4 Å². The summed E-state index contributed by atoms with van der Waals surface area (Å²) in [5.41, 5.74) is 1.32. The SMILES string of the molecule is COC(=O)C1CCN(C(=O)Cc2cc(=O)[nH]c(SCc3ccccc3)n2)CC1. The van der Waals surface area contributed by atoms with Gasteiger partial charge in [0.05, 0.1) is 25.1 Å². The zero-order chi connectivity index (χ0) is 19.9. The fourth-order valence-electron chi connectivity index (χ4n) is 3.17. The summed E-state index contributed by atoms with van der Waals surface area (Å²) in [6.07, 6.45) is 1.27. The standard InChI is InChI=1S/C20H23N3O4S/c1-27-19(26)15-7-9-23(10-8-15)18(25)12-16-11-17(24)22-20(21-16)28-13-14-5-3-2-4-6-14/h2-6,11,15H,7-10,12-13H2,1H3,(H,21,22,24). The molecule has 0 atom stereocenters. The molecule has 1 fully saturated rings. The molecule has 7 nitrogen and oxygen atoms in total. The number of esters is 1. The van der Waals surface area contributed by atoms with E-state index in [1.807, 2.05) is 30.3 Å². The number of thioether (sulfide) groups is 1. The minimum absolute atomic E-state index is 0.0751. The van der Waals surface area contributed by atoms with Crippen molar-refractivity contribution in [2.45, 2.75) is 30.2 Å². The first-order chi connectivity index (χ1) is 13.5. The maximum atomic E-state index is 12.6. The summed E-state index contributed by atoms with van der Waals surface area (Å²) < 4.78 is 4.77. The molecule has 28 heavy (non-hydrogen) atoms. The van der Waals surface area contributed by atoms with Crippen LogP contribution in [0.1, 0.15) is 24.1 Å². The van der Waals surface area contributed by atoms with E-state index in [1.54, 1.807) is 4.90 Å². The van der Waals surface area contributed by atoms with Gasteiger partial charge in [-0.3, -0.25) is 14.4 Å². The van der Waals surface area contributed by atoms with Crippen molar-refractivity contribution in [1.82, 2.24) is 14.9 Å². The number of methoxy groups -OCH3 is 1. The van der Waals surface area contributed by atoms with Crippen LogP contribution in [-0.2, 0) is 26.5 Å². The van der Waals surface area contributed by atoms with Gasteiger partial charge in [-0.1, -0.05) is 42.1 Å². The van der Waals surface area contributed by atoms with Gasteiger partial charge in [-0.15, -0.1) is 0 Å². The monoisotopic (exact) mass is 401 g/mol. The van der Waals surface area contributed by atoms with Crippen molar-refractivity contribution in [3.05, 3.63) is 58.0 Å². The van der Waals surface area contributed by atoms with Crippen LogP contribution in [0.4, 0.5) is 0 Å². The number of nitrogens with zero attached hydrogens (tertiary/aromatic N) is 2. The fourth-order valence-corrected chi connectivity index (χ4v) is 4.02. The third-order valence-electron chi connectivity index (χ3n) is 4.71. The lowest BCUT2D eigenvalue weighted by molar-refractivity contribution is -0.148. The lowest BCUT2D eigenvalue weighted by Crippen LogP contribution is -2.41. The number of carbonyl (C=O) groups is 2. The number of nitrogens with one attached hydrogen (secondary N) is 1. The predicted octanol–water partition coefficient (Wildman–Crippen LogP) is 2.02. The normalized spacial score (nSPS) is 14.7. The molecule has 0 spiro atoms. The van der Waals surface area contributed by atoms with Crippen LogP contribution in [0.25, 0.3) is 0 Å². The predicted molar refractivity (Wildman–Crippen MR) is 106 cm³/mol. The van der Waals surface area contributed by atoms with Gasteiger partial charge in [0.1, 0.15) is 0 Å². The van der Waals surface area contributed by atoms with Gasteiger partial charge in [-0.25, -0.2) is 4.98 Å². The van der Waals surface area contributed by atoms with Crippen LogP contribution < -0.4 is 5.56 Å². The van der Waals surface area contributed by atoms with Gasteiger partial charge in [0.25, 0.3) is 5.56 Å². The zero-order valence-electron chi connectivity index (χ0n) is 15.7. The summed E-state index contributed by atoms with van der Waals surface area (Å²) in [6.45, 7) is 1.02. The van der Waals surface area contributed by atoms with Crippen molar-refractivity contribution in [3.8, 4) is 0 Å². The van der Waals surface area contributed by atoms with Crippen molar-refractivity contribution in [1.29, 1.82) is 0 Å². The molecule has 1 amide bonds. The van der Waals surface area contributed by atoms with Gasteiger partial charge >= 0.3 is 5.97 Å². The number of piperidine rings is 1. The van der Waals surface area contributed by atoms with Crippen molar-refractivity contribution >= 4 is 23.6 Å². The molecule has 0 bridgehead atoms. The number of ether oxygens (including phenoxy) is 1. The highest BCUT2D eigenvalue weighted by Crippen LogP contribution is 2.20. The Morgan fingerprint density at radius 3 is 2.64 bits per heavy atom. The molecule has 1 saturated heterocycles. The number of H-pyrrole nitrogens is 1. The average Bonchev–Trinajstić information content (AvgIpc) is 2.72. The van der Waals surface area contributed by atoms with Gasteiger partial charge in [0.15, 0.2) is 5.16 Å². The van der Waals surface area contributed by atoms with Crippen LogP contribution in [0.2, 0.25) is 0 Å². The Kier molecular flexibility index (Phi) is 6.86. The largest absolute Gasteiger partial charge is 0.469 e. The first kappa shape index (κ1) is 20.1. The number of carbonyl (C=O) groups excluding carboxylic acids is 2. The Labute approximate surface area is 167 Å². The van der Waals surface area contributed by atoms with E-state index >= 15 is 0 Å². The molecule has 8 heteroatoms. The molecule has 148 valence electrons. The lowest BCUT2D eigenvalue weighted by Gasteiger charge is -2.30. The van der Waals surface area contributed by atoms with E-state index in [1.165, 1.54) is 24.9 Å². The summed E-state index contributed by atoms with van der Waals surface area (Å²) in [5, 5.41) is 0.503. The van der Waals surface area contributed by atoms with Gasteiger partial charge in [0.2, 0.25) is 5.91 Å². The van der Waals surface area contributed by atoms with Crippen LogP contribution in [0.3, 0.4) is 0 Å². The summed E-state index contributed by atoms with van der Waals surface area (Å²) >= 11 is 1.43. The summed E-state index contributed by atoms with van der Waals surface area (Å²) in [4.78, 5) is 45.0. The number of hydrogen-bond acceptors (Lipinski definition) is 6. The average molecular weight is 401 g/mol. The molecule has 1 aromatic heterocycles. The highest BCUT2D eigenvalue weighted by molar-refractivity contribution is 7.98. The maximum absolute atomic E-state index is 12.6. The molecular weight excluding hydrogens is 378 g/mol. The molecule has 3 rings (SSSR count). The number of hydrogen-bond donors (Lipinski definition) is 1. The molecule has 0 aliphatic carbocycles. The Balaban J connectivity index is 1.58. The Morgan fingerprint density at radius 2 is 1.96 bits per heavy atom. The van der Waals surface area contributed by atoms with Crippen molar-refractivity contribution in [2.75, 3.05) is 20.2 Å². The fraction of sp³-hybridized carbons (Fsp3) is 0.400. The van der Waals surface area contributed by atoms with E-state index in [0.717, 1.165) is 5.56 Å². The van der Waals surface area contributed by atoms with E-state index in [4.69, 9.17) is 4.74 Å². The summed E-state index contributed by atoms with van der Waals surface area (Å²) in [7, 11) is 1.38. The molecule has 2 heterocycles. The Bertz CT molecular complexity index is 877. The second-order valence-corrected chi connectivity index (χ2v) is 7.64. The van der Waals surface area contributed by atoms with Crippen LogP contribution >= 0.6 is 11.8 Å². The van der Waals surface area contributed by atoms with Crippen LogP contribution in [0.15, 0.2) is 46.3 Å². The lowest BCUT2D eigenvalue weighted by atomic mass is 9.97. The number of aromatic amines is 1. The first-order valence-corrected chi connectivity index (χ1v) is 10.2. The smallest absolute Gasteiger partial charge is 0.308 e. The number of amides is 1. The topological polar surface area (TPSA) is 92.4 Å². The van der Waals surface area contributed by atoms with Crippen molar-refractivity contribution < 1.29 is 14.3 Å². The van der Waals surface area contributed by atoms with E-state index in [0.29, 0.717) is 42.5 Å². The highest BCUT2D eigenvalue weighted by Gasteiger charge is 2.28. The minimum Gasteiger partial charge on any atom is -0.469 e. The minimum atomic E-state index is -0.266. The third kappa shape index (κ3) is 5.45. The zero-order valence-corrected chi connectivity index (χ0v) is 16.5. The highest BCUT2D eigenvalue weighted by atomic mass is 32.2. The third-order valence-corrected chi connectivity index (χ3v) is 5.65. The van der Waals surface area contributed by atoms with E-state index in [2.05, 4.69) is 9.97 Å². The van der Waals surface area contributed by atoms with Crippen LogP contribution in [0.5, 0.6) is 0 Å². The number of rotatable bonds is 6. The van der Waals surface area contributed by atoms with Gasteiger partial charge in [-0.2, -0.15) is 0 Å². The molecule has 0 unspecified atom stereocenters. The number of benzene rings is 1. The van der Waals surface area contributed by atoms with Gasteiger partial charge < -0.3 is 14.6 Å². The molecule has 0 saturated carbocycles. The van der Waals surface area contributed by atoms with Crippen molar-refractivity contribution in [2.24, 2.45) is 5.92 Å². The maximum Gasteiger partial charge on any atom is 0.308 e. The van der Waals surface area contributed by atoms with E-state index in [9.17, 15) is 14.4 Å². The van der Waals surface area contributed by atoms with Gasteiger partial charge in [0, 0.05) is 24.9 Å². The first-order valence-electron chi connectivity index (χ1n) is 9.17. The van der Waals surface area contributed by atoms with E-state index in [-0.39, 0.29) is 29.8 Å². The Hall–Kier alpha value is -2.61. The van der Waals surface area contributed by atoms with Crippen LogP contribution in [-0.4, -0.2) is 46.9 Å². The van der Waals surface area contributed by atoms with Crippen LogP contribution in [0, 0.1) is 5.92 Å². The molecule has 2 aromatic rings. The quantitative estimate of drug-likeness (QED) is 0.452. The summed E-state index contributed by atoms with van der Waals surface area (Å²) in [6, 6.07) is 11.3. The summed E-state index contributed by atoms with van der Waals surface area (Å²) in [5.74, 6) is 0.235. The van der Waals surface area contributed by atoms with E-state index < -0.39 is 0 Å². The molecule has 0 radical (unpaired) electrons. The number of aromatic nitrogens is 2. The molecule has 1 N–H and O–H groups in total. The molecular formula is C20H23N3O4S. The second kappa shape index (κ2) is 9.54. The van der Waals surface area contributed by atoms with Crippen molar-refractivity contribution in [3.63, 3.8) is 0 Å².